The molecule has 4 aromatic rings. The number of aryl methyl sites for hydroxylation is 1. The van der Waals surface area contributed by atoms with Crippen LogP contribution >= 0.6 is 22.9 Å². The van der Waals surface area contributed by atoms with E-state index in [2.05, 4.69) is 10.3 Å². The number of benzene rings is 2. The molecule has 2 aromatic heterocycles. The molecule has 1 amide bonds. The number of aromatic nitrogens is 2. The summed E-state index contributed by atoms with van der Waals surface area (Å²) in [7, 11) is -3.55. The third-order valence-corrected chi connectivity index (χ3v) is 9.57. The van der Waals surface area contributed by atoms with Gasteiger partial charge in [0.2, 0.25) is 15.9 Å². The van der Waals surface area contributed by atoms with Crippen molar-refractivity contribution in [3.8, 4) is 11.1 Å². The Morgan fingerprint density at radius 2 is 1.73 bits per heavy atom. The summed E-state index contributed by atoms with van der Waals surface area (Å²) >= 11 is 7.45. The molecule has 1 aliphatic heterocycles. The quantitative estimate of drug-likeness (QED) is 0.364. The van der Waals surface area contributed by atoms with Crippen molar-refractivity contribution >= 4 is 54.8 Å². The van der Waals surface area contributed by atoms with E-state index in [4.69, 9.17) is 11.6 Å². The van der Waals surface area contributed by atoms with E-state index >= 15 is 0 Å². The summed E-state index contributed by atoms with van der Waals surface area (Å²) in [5.41, 5.74) is 1.78. The van der Waals surface area contributed by atoms with Gasteiger partial charge in [-0.1, -0.05) is 30.2 Å². The van der Waals surface area contributed by atoms with Gasteiger partial charge in [-0.15, -0.1) is 11.3 Å². The molecule has 0 aliphatic carbocycles. The summed E-state index contributed by atoms with van der Waals surface area (Å²) in [6.07, 6.45) is 4.14. The summed E-state index contributed by atoms with van der Waals surface area (Å²) in [4.78, 5) is 32.3. The van der Waals surface area contributed by atoms with E-state index in [0.29, 0.717) is 34.0 Å². The molecular weight excluding hydrogens is 532 g/mol. The summed E-state index contributed by atoms with van der Waals surface area (Å²) in [5, 5.41) is 3.80. The predicted molar refractivity (Wildman–Crippen MR) is 147 cm³/mol. The number of halogens is 1. The second-order valence-corrected chi connectivity index (χ2v) is 12.5. The number of fused-ring (bicyclic) bond motifs is 1. The first kappa shape index (κ1) is 25.6. The van der Waals surface area contributed by atoms with Crippen molar-refractivity contribution in [3.63, 3.8) is 0 Å². The number of nitrogens with one attached hydrogen (secondary N) is 1. The fourth-order valence-electron chi connectivity index (χ4n) is 4.53. The molecule has 2 aromatic carbocycles. The number of carbonyl (C=O) groups excluding carboxylic acids is 1. The molecule has 0 spiro atoms. The number of sulfonamides is 1. The van der Waals surface area contributed by atoms with E-state index < -0.39 is 15.9 Å². The number of amides is 1. The van der Waals surface area contributed by atoms with Crippen LogP contribution in [-0.4, -0.2) is 41.3 Å². The highest BCUT2D eigenvalue weighted by Crippen LogP contribution is 2.35. The Kier molecular flexibility index (Phi) is 7.17. The third kappa shape index (κ3) is 5.19. The number of thiophene rings is 1. The molecule has 11 heteroatoms. The van der Waals surface area contributed by atoms with Gasteiger partial charge in [0.1, 0.15) is 11.4 Å². The van der Waals surface area contributed by atoms with Gasteiger partial charge in [0.05, 0.1) is 16.6 Å². The lowest BCUT2D eigenvalue weighted by Crippen LogP contribution is -2.35. The first-order chi connectivity index (χ1) is 17.7. The molecule has 1 aliphatic rings. The number of nitrogens with zero attached hydrogens (tertiary/aromatic N) is 3. The molecule has 0 atom stereocenters. The van der Waals surface area contributed by atoms with Gasteiger partial charge in [-0.3, -0.25) is 14.2 Å². The maximum atomic E-state index is 13.3. The van der Waals surface area contributed by atoms with Gasteiger partial charge in [-0.05, 0) is 61.7 Å². The molecule has 0 saturated carbocycles. The van der Waals surface area contributed by atoms with E-state index in [0.717, 1.165) is 35.3 Å². The lowest BCUT2D eigenvalue weighted by Gasteiger charge is -2.25. The van der Waals surface area contributed by atoms with Crippen LogP contribution in [0.5, 0.6) is 0 Å². The van der Waals surface area contributed by atoms with Crippen molar-refractivity contribution in [3.05, 3.63) is 75.1 Å². The largest absolute Gasteiger partial charge is 0.325 e. The number of rotatable bonds is 6. The van der Waals surface area contributed by atoms with Crippen molar-refractivity contribution in [2.75, 3.05) is 18.4 Å². The molecule has 5 rings (SSSR count). The van der Waals surface area contributed by atoms with E-state index in [9.17, 15) is 18.0 Å². The number of piperidine rings is 1. The van der Waals surface area contributed by atoms with Crippen LogP contribution in [0.2, 0.25) is 5.02 Å². The topological polar surface area (TPSA) is 101 Å². The highest BCUT2D eigenvalue weighted by atomic mass is 35.5. The Labute approximate surface area is 223 Å². The fourth-order valence-corrected chi connectivity index (χ4v) is 7.18. The minimum Gasteiger partial charge on any atom is -0.325 e. The molecule has 1 N–H and O–H groups in total. The number of hydrogen-bond acceptors (Lipinski definition) is 6. The Morgan fingerprint density at radius 1 is 1.05 bits per heavy atom. The van der Waals surface area contributed by atoms with Crippen molar-refractivity contribution in [2.24, 2.45) is 0 Å². The van der Waals surface area contributed by atoms with Crippen LogP contribution < -0.4 is 10.9 Å². The molecule has 192 valence electrons. The van der Waals surface area contributed by atoms with Gasteiger partial charge in [0.25, 0.3) is 5.56 Å². The molecule has 1 saturated heterocycles. The van der Waals surface area contributed by atoms with Crippen LogP contribution in [0.1, 0.15) is 24.1 Å². The maximum Gasteiger partial charge on any atom is 0.263 e. The van der Waals surface area contributed by atoms with E-state index in [1.807, 2.05) is 19.1 Å². The number of hydrogen-bond donors (Lipinski definition) is 1. The van der Waals surface area contributed by atoms with Crippen LogP contribution in [-0.2, 0) is 21.4 Å². The smallest absolute Gasteiger partial charge is 0.263 e. The zero-order chi connectivity index (χ0) is 26.2. The van der Waals surface area contributed by atoms with Crippen LogP contribution in [0.4, 0.5) is 5.69 Å². The van der Waals surface area contributed by atoms with E-state index in [-0.39, 0.29) is 17.0 Å². The molecule has 37 heavy (non-hydrogen) atoms. The summed E-state index contributed by atoms with van der Waals surface area (Å²) in [6, 6.07) is 13.3. The molecular formula is C26H25ClN4O4S2. The molecule has 1 fully saturated rings. The molecule has 3 heterocycles. The highest BCUT2D eigenvalue weighted by molar-refractivity contribution is 7.89. The normalized spacial score (nSPS) is 14.6. The third-order valence-electron chi connectivity index (χ3n) is 6.39. The van der Waals surface area contributed by atoms with Gasteiger partial charge < -0.3 is 5.32 Å². The van der Waals surface area contributed by atoms with Crippen molar-refractivity contribution in [2.45, 2.75) is 37.6 Å². The van der Waals surface area contributed by atoms with Gasteiger partial charge in [0.15, 0.2) is 0 Å². The average molecular weight is 557 g/mol. The first-order valence-electron chi connectivity index (χ1n) is 11.9. The van der Waals surface area contributed by atoms with Crippen LogP contribution in [0.15, 0.2) is 64.5 Å². The Balaban J connectivity index is 1.35. The molecule has 0 bridgehead atoms. The van der Waals surface area contributed by atoms with E-state index in [1.54, 1.807) is 24.3 Å². The number of anilines is 1. The van der Waals surface area contributed by atoms with Crippen molar-refractivity contribution in [1.29, 1.82) is 0 Å². The second kappa shape index (κ2) is 10.4. The number of carbonyl (C=O) groups is 1. The molecule has 8 nitrogen and oxygen atoms in total. The Bertz CT molecular complexity index is 1620. The van der Waals surface area contributed by atoms with Crippen LogP contribution in [0, 0.1) is 6.92 Å². The Hall–Kier alpha value is -3.05. The van der Waals surface area contributed by atoms with Gasteiger partial charge in [-0.2, -0.15) is 4.31 Å². The molecule has 0 radical (unpaired) electrons. The standard InChI is InChI=1S/C26H25ClN4O4S2/c1-17-23(18-5-7-19(27)8-6-18)24-25(36-17)28-16-30(26(24)33)15-22(32)29-20-9-11-21(12-10-20)37(34,35)31-13-3-2-4-14-31/h5-12,16H,2-4,13-15H2,1H3,(H,29,32). The minimum atomic E-state index is -3.55. The lowest BCUT2D eigenvalue weighted by molar-refractivity contribution is -0.116. The molecule has 0 unspecified atom stereocenters. The Morgan fingerprint density at radius 3 is 2.41 bits per heavy atom. The monoisotopic (exact) mass is 556 g/mol. The maximum absolute atomic E-state index is 13.3. The van der Waals surface area contributed by atoms with Crippen LogP contribution in [0.25, 0.3) is 21.3 Å². The summed E-state index contributed by atoms with van der Waals surface area (Å²) in [6.45, 7) is 2.75. The van der Waals surface area contributed by atoms with E-state index in [1.165, 1.54) is 38.7 Å². The summed E-state index contributed by atoms with van der Waals surface area (Å²) < 4.78 is 28.5. The van der Waals surface area contributed by atoms with Gasteiger partial charge in [-0.25, -0.2) is 13.4 Å². The SMILES string of the molecule is Cc1sc2ncn(CC(=O)Nc3ccc(S(=O)(=O)N4CCCCC4)cc3)c(=O)c2c1-c1ccc(Cl)cc1. The fraction of sp³-hybridized carbons (Fsp3) is 0.269. The second-order valence-electron chi connectivity index (χ2n) is 8.94. The van der Waals surface area contributed by atoms with Crippen molar-refractivity contribution < 1.29 is 13.2 Å². The van der Waals surface area contributed by atoms with Gasteiger partial charge >= 0.3 is 0 Å². The van der Waals surface area contributed by atoms with Gasteiger partial charge in [0, 0.05) is 34.2 Å². The average Bonchev–Trinajstić information content (AvgIpc) is 3.23. The van der Waals surface area contributed by atoms with Crippen molar-refractivity contribution in [1.82, 2.24) is 13.9 Å². The predicted octanol–water partition coefficient (Wildman–Crippen LogP) is 4.90. The highest BCUT2D eigenvalue weighted by Gasteiger charge is 2.25. The zero-order valence-corrected chi connectivity index (χ0v) is 22.5. The van der Waals surface area contributed by atoms with Crippen LogP contribution in [0.3, 0.4) is 0 Å². The first-order valence-corrected chi connectivity index (χ1v) is 14.5. The summed E-state index contributed by atoms with van der Waals surface area (Å²) in [5.74, 6) is -0.421. The minimum absolute atomic E-state index is 0.195. The lowest BCUT2D eigenvalue weighted by atomic mass is 10.0. The zero-order valence-electron chi connectivity index (χ0n) is 20.1.